The molecule has 1 fully saturated rings. The molecule has 4 heteroatoms. The fourth-order valence-electron chi connectivity index (χ4n) is 1.96. The fraction of sp³-hybridized carbons (Fsp3) is 1.00. The molecule has 0 bridgehead atoms. The monoisotopic (exact) mass is 186 g/mol. The third kappa shape index (κ3) is 2.18. The van der Waals surface area contributed by atoms with Crippen LogP contribution in [0.25, 0.3) is 0 Å². The molecule has 4 nitrogen and oxygen atoms in total. The van der Waals surface area contributed by atoms with E-state index in [1.54, 1.807) is 0 Å². The molecule has 0 N–H and O–H groups in total. The van der Waals surface area contributed by atoms with Gasteiger partial charge in [0.1, 0.15) is 6.23 Å². The standard InChI is InChI=1S/C9H18N2O2/c1-5-8-11(10-12)7(2)6-9(3,4)13-8/h7-8H,5-6H2,1-4H3. The first-order chi connectivity index (χ1) is 6.00. The lowest BCUT2D eigenvalue weighted by Gasteiger charge is -2.44. The maximum atomic E-state index is 10.5. The Morgan fingerprint density at radius 3 is 2.69 bits per heavy atom. The molecular weight excluding hydrogens is 168 g/mol. The van der Waals surface area contributed by atoms with Gasteiger partial charge in [-0.1, -0.05) is 6.92 Å². The van der Waals surface area contributed by atoms with Gasteiger partial charge in [-0.3, -0.25) is 0 Å². The van der Waals surface area contributed by atoms with Crippen LogP contribution in [0.2, 0.25) is 0 Å². The number of ether oxygens (including phenoxy) is 1. The quantitative estimate of drug-likeness (QED) is 0.621. The maximum Gasteiger partial charge on any atom is 0.149 e. The minimum Gasteiger partial charge on any atom is -0.351 e. The molecule has 0 aliphatic carbocycles. The first-order valence-corrected chi connectivity index (χ1v) is 4.79. The topological polar surface area (TPSA) is 41.9 Å². The van der Waals surface area contributed by atoms with E-state index in [4.69, 9.17) is 4.74 Å². The number of hydrogen-bond donors (Lipinski definition) is 0. The molecule has 2 atom stereocenters. The Bertz CT molecular complexity index is 194. The van der Waals surface area contributed by atoms with Crippen molar-refractivity contribution in [3.63, 3.8) is 0 Å². The van der Waals surface area contributed by atoms with Crippen LogP contribution < -0.4 is 0 Å². The summed E-state index contributed by atoms with van der Waals surface area (Å²) in [5, 5.41) is 4.52. The summed E-state index contributed by atoms with van der Waals surface area (Å²) in [7, 11) is 0. The van der Waals surface area contributed by atoms with Gasteiger partial charge in [0.25, 0.3) is 0 Å². The van der Waals surface area contributed by atoms with Crippen LogP contribution in [0.15, 0.2) is 5.29 Å². The summed E-state index contributed by atoms with van der Waals surface area (Å²) in [5.41, 5.74) is -0.138. The highest BCUT2D eigenvalue weighted by molar-refractivity contribution is 4.83. The van der Waals surface area contributed by atoms with Crippen LogP contribution in [0.1, 0.15) is 40.5 Å². The highest BCUT2D eigenvalue weighted by Gasteiger charge is 2.37. The number of rotatable bonds is 2. The Balaban J connectivity index is 2.74. The van der Waals surface area contributed by atoms with E-state index >= 15 is 0 Å². The van der Waals surface area contributed by atoms with Crippen molar-refractivity contribution in [1.29, 1.82) is 0 Å². The average Bonchev–Trinajstić information content (AvgIpc) is 2.01. The molecule has 0 radical (unpaired) electrons. The van der Waals surface area contributed by atoms with Crippen molar-refractivity contribution < 1.29 is 4.74 Å². The third-order valence-corrected chi connectivity index (χ3v) is 2.43. The zero-order chi connectivity index (χ0) is 10.1. The lowest BCUT2D eigenvalue weighted by atomic mass is 9.97. The second-order valence-electron chi connectivity index (χ2n) is 4.26. The van der Waals surface area contributed by atoms with Crippen molar-refractivity contribution in [3.05, 3.63) is 4.91 Å². The zero-order valence-electron chi connectivity index (χ0n) is 8.78. The van der Waals surface area contributed by atoms with Gasteiger partial charge in [0.15, 0.2) is 0 Å². The summed E-state index contributed by atoms with van der Waals surface area (Å²) >= 11 is 0. The Hall–Kier alpha value is -0.640. The van der Waals surface area contributed by atoms with Crippen molar-refractivity contribution in [1.82, 2.24) is 5.01 Å². The molecule has 1 rings (SSSR count). The Labute approximate surface area is 79.2 Å². The van der Waals surface area contributed by atoms with Crippen LogP contribution in [0.4, 0.5) is 0 Å². The molecule has 0 spiro atoms. The van der Waals surface area contributed by atoms with Gasteiger partial charge in [-0.2, -0.15) is 0 Å². The molecule has 0 aromatic heterocycles. The van der Waals surface area contributed by atoms with Gasteiger partial charge in [-0.25, -0.2) is 5.01 Å². The van der Waals surface area contributed by atoms with Gasteiger partial charge in [-0.05, 0) is 33.6 Å². The number of nitroso groups, excluding NO2 is 1. The van der Waals surface area contributed by atoms with E-state index in [0.717, 1.165) is 12.8 Å². The van der Waals surface area contributed by atoms with Gasteiger partial charge < -0.3 is 4.74 Å². The molecular formula is C9H18N2O2. The summed E-state index contributed by atoms with van der Waals surface area (Å²) in [5.74, 6) is 0. The Morgan fingerprint density at radius 2 is 2.23 bits per heavy atom. The summed E-state index contributed by atoms with van der Waals surface area (Å²) in [6.07, 6.45) is 1.48. The van der Waals surface area contributed by atoms with E-state index in [1.807, 2.05) is 27.7 Å². The second-order valence-corrected chi connectivity index (χ2v) is 4.26. The minimum absolute atomic E-state index is 0.138. The summed E-state index contributed by atoms with van der Waals surface area (Å²) < 4.78 is 5.73. The van der Waals surface area contributed by atoms with Gasteiger partial charge in [-0.15, -0.1) is 4.91 Å². The summed E-state index contributed by atoms with van der Waals surface area (Å²) in [6.45, 7) is 8.11. The largest absolute Gasteiger partial charge is 0.351 e. The summed E-state index contributed by atoms with van der Waals surface area (Å²) in [4.78, 5) is 10.5. The second kappa shape index (κ2) is 3.62. The van der Waals surface area contributed by atoms with Crippen LogP contribution in [0, 0.1) is 4.91 Å². The van der Waals surface area contributed by atoms with E-state index in [1.165, 1.54) is 5.01 Å². The van der Waals surface area contributed by atoms with Crippen LogP contribution in [-0.4, -0.2) is 22.9 Å². The molecule has 1 saturated heterocycles. The number of nitrogens with zero attached hydrogens (tertiary/aromatic N) is 2. The van der Waals surface area contributed by atoms with Crippen LogP contribution in [-0.2, 0) is 4.74 Å². The predicted molar refractivity (Wildman–Crippen MR) is 51.0 cm³/mol. The molecule has 0 aromatic rings. The maximum absolute atomic E-state index is 10.5. The van der Waals surface area contributed by atoms with Crippen LogP contribution in [0.3, 0.4) is 0 Å². The molecule has 0 saturated carbocycles. The van der Waals surface area contributed by atoms with E-state index in [9.17, 15) is 4.91 Å². The Morgan fingerprint density at radius 1 is 1.62 bits per heavy atom. The molecule has 13 heavy (non-hydrogen) atoms. The first kappa shape index (κ1) is 10.4. The lowest BCUT2D eigenvalue weighted by Crippen LogP contribution is -2.51. The molecule has 1 aliphatic rings. The van der Waals surface area contributed by atoms with Crippen LogP contribution in [0.5, 0.6) is 0 Å². The van der Waals surface area contributed by atoms with Crippen LogP contribution >= 0.6 is 0 Å². The van der Waals surface area contributed by atoms with Crippen molar-refractivity contribution in [2.75, 3.05) is 0 Å². The molecule has 0 amide bonds. The van der Waals surface area contributed by atoms with E-state index in [-0.39, 0.29) is 17.9 Å². The Kier molecular flexibility index (Phi) is 2.91. The summed E-state index contributed by atoms with van der Waals surface area (Å²) in [6, 6.07) is 0.172. The predicted octanol–water partition coefficient (Wildman–Crippen LogP) is 2.29. The van der Waals surface area contributed by atoms with Crippen molar-refractivity contribution in [3.8, 4) is 0 Å². The third-order valence-electron chi connectivity index (χ3n) is 2.43. The molecule has 1 heterocycles. The SMILES string of the molecule is CCC1OC(C)(C)CC(C)N1N=O. The van der Waals surface area contributed by atoms with Gasteiger partial charge in [0, 0.05) is 0 Å². The van der Waals surface area contributed by atoms with Gasteiger partial charge >= 0.3 is 0 Å². The zero-order valence-corrected chi connectivity index (χ0v) is 8.78. The molecule has 0 aromatic carbocycles. The molecule has 76 valence electrons. The van der Waals surface area contributed by atoms with Crippen molar-refractivity contribution >= 4 is 0 Å². The van der Waals surface area contributed by atoms with E-state index < -0.39 is 0 Å². The molecule has 2 unspecified atom stereocenters. The smallest absolute Gasteiger partial charge is 0.149 e. The van der Waals surface area contributed by atoms with Crippen molar-refractivity contribution in [2.45, 2.75) is 58.4 Å². The normalized spacial score (nSPS) is 33.1. The number of hydrogen-bond acceptors (Lipinski definition) is 3. The van der Waals surface area contributed by atoms with E-state index in [0.29, 0.717) is 0 Å². The highest BCUT2D eigenvalue weighted by Crippen LogP contribution is 2.30. The van der Waals surface area contributed by atoms with Gasteiger partial charge in [0.05, 0.1) is 16.9 Å². The van der Waals surface area contributed by atoms with Gasteiger partial charge in [0.2, 0.25) is 0 Å². The average molecular weight is 186 g/mol. The lowest BCUT2D eigenvalue weighted by molar-refractivity contribution is -0.200. The van der Waals surface area contributed by atoms with Crippen molar-refractivity contribution in [2.24, 2.45) is 5.29 Å². The minimum atomic E-state index is -0.156. The fourth-order valence-corrected chi connectivity index (χ4v) is 1.96. The van der Waals surface area contributed by atoms with E-state index in [2.05, 4.69) is 5.29 Å². The molecule has 1 aliphatic heterocycles. The first-order valence-electron chi connectivity index (χ1n) is 4.79. The highest BCUT2D eigenvalue weighted by atomic mass is 16.5.